The molecule has 3 aromatic rings. The van der Waals surface area contributed by atoms with E-state index in [1.54, 1.807) is 17.5 Å². The van der Waals surface area contributed by atoms with Crippen molar-refractivity contribution in [1.29, 1.82) is 0 Å². The molecular formula is C11H9N3O3S. The molecule has 0 unspecified atom stereocenters. The first-order valence-corrected chi connectivity index (χ1v) is 6.24. The summed E-state index contributed by atoms with van der Waals surface area (Å²) in [5.74, 6) is -0.488. The molecule has 3 rings (SSSR count). The van der Waals surface area contributed by atoms with E-state index in [9.17, 15) is 9.59 Å². The van der Waals surface area contributed by atoms with Gasteiger partial charge in [-0.25, -0.2) is 9.31 Å². The molecule has 18 heavy (non-hydrogen) atoms. The van der Waals surface area contributed by atoms with Crippen molar-refractivity contribution in [2.75, 3.05) is 6.61 Å². The zero-order valence-electron chi connectivity index (χ0n) is 9.47. The molecule has 0 atom stereocenters. The number of nitrogens with one attached hydrogen (secondary N) is 1. The summed E-state index contributed by atoms with van der Waals surface area (Å²) in [7, 11) is 0. The number of rotatable bonds is 2. The summed E-state index contributed by atoms with van der Waals surface area (Å²) >= 11 is 1.34. The van der Waals surface area contributed by atoms with Crippen molar-refractivity contribution >= 4 is 33.2 Å². The monoisotopic (exact) mass is 263 g/mol. The van der Waals surface area contributed by atoms with Crippen LogP contribution in [0.1, 0.15) is 17.3 Å². The largest absolute Gasteiger partial charge is 0.462 e. The van der Waals surface area contributed by atoms with Gasteiger partial charge in [0, 0.05) is 0 Å². The van der Waals surface area contributed by atoms with E-state index in [1.807, 2.05) is 5.38 Å². The molecule has 0 radical (unpaired) electrons. The van der Waals surface area contributed by atoms with E-state index in [4.69, 9.17) is 4.74 Å². The quantitative estimate of drug-likeness (QED) is 0.709. The Bertz CT molecular complexity index is 799. The zero-order chi connectivity index (χ0) is 12.7. The standard InChI is InChI=1S/C11H9N3O3S/c1-2-17-11(16)6-5-12-14-7-3-4-18-8(7)10(15)13-9(6)14/h3-5H,2H2,1H3,(H,13,15). The fourth-order valence-corrected chi connectivity index (χ4v) is 2.58. The van der Waals surface area contributed by atoms with Gasteiger partial charge in [-0.05, 0) is 18.4 Å². The van der Waals surface area contributed by atoms with E-state index >= 15 is 0 Å². The highest BCUT2D eigenvalue weighted by Gasteiger charge is 2.17. The second-order valence-corrected chi connectivity index (χ2v) is 4.54. The highest BCUT2D eigenvalue weighted by Crippen LogP contribution is 2.19. The van der Waals surface area contributed by atoms with Crippen LogP contribution < -0.4 is 5.56 Å². The molecule has 3 aromatic heterocycles. The molecule has 0 spiro atoms. The predicted molar refractivity (Wildman–Crippen MR) is 67.2 cm³/mol. The number of nitrogens with zero attached hydrogens (tertiary/aromatic N) is 2. The number of carbonyl (C=O) groups is 1. The number of ether oxygens (including phenoxy) is 1. The van der Waals surface area contributed by atoms with Crippen LogP contribution in [0, 0.1) is 0 Å². The molecule has 0 saturated heterocycles. The van der Waals surface area contributed by atoms with Gasteiger partial charge < -0.3 is 9.72 Å². The zero-order valence-corrected chi connectivity index (χ0v) is 10.3. The third-order valence-electron chi connectivity index (χ3n) is 2.58. The molecule has 0 aromatic carbocycles. The van der Waals surface area contributed by atoms with Crippen molar-refractivity contribution in [3.05, 3.63) is 33.6 Å². The minimum absolute atomic E-state index is 0.224. The summed E-state index contributed by atoms with van der Waals surface area (Å²) < 4.78 is 7.04. The lowest BCUT2D eigenvalue weighted by molar-refractivity contribution is 0.0528. The Kier molecular flexibility index (Phi) is 2.41. The fourth-order valence-electron chi connectivity index (χ4n) is 1.81. The Morgan fingerprint density at radius 3 is 3.22 bits per heavy atom. The van der Waals surface area contributed by atoms with Crippen LogP contribution in [0.2, 0.25) is 0 Å². The Labute approximate surface area is 105 Å². The molecule has 0 fully saturated rings. The molecule has 0 bridgehead atoms. The summed E-state index contributed by atoms with van der Waals surface area (Å²) in [6.07, 6.45) is 1.40. The van der Waals surface area contributed by atoms with Crippen molar-refractivity contribution in [3.8, 4) is 0 Å². The first-order chi connectivity index (χ1) is 8.72. The minimum Gasteiger partial charge on any atom is -0.462 e. The molecule has 0 aliphatic heterocycles. The molecule has 0 aliphatic carbocycles. The van der Waals surface area contributed by atoms with Gasteiger partial charge in [-0.1, -0.05) is 0 Å². The van der Waals surface area contributed by atoms with Gasteiger partial charge in [-0.3, -0.25) is 4.79 Å². The molecule has 1 N–H and O–H groups in total. The molecule has 7 heteroatoms. The Morgan fingerprint density at radius 1 is 1.61 bits per heavy atom. The van der Waals surface area contributed by atoms with Crippen LogP contribution in [0.15, 0.2) is 22.4 Å². The van der Waals surface area contributed by atoms with Crippen LogP contribution in [0.4, 0.5) is 0 Å². The second kappa shape index (κ2) is 3.95. The van der Waals surface area contributed by atoms with Crippen molar-refractivity contribution in [2.45, 2.75) is 6.92 Å². The van der Waals surface area contributed by atoms with Crippen molar-refractivity contribution in [1.82, 2.24) is 14.6 Å². The van der Waals surface area contributed by atoms with E-state index in [0.29, 0.717) is 15.9 Å². The minimum atomic E-state index is -0.488. The lowest BCUT2D eigenvalue weighted by atomic mass is 10.3. The third kappa shape index (κ3) is 1.44. The number of H-pyrrole nitrogens is 1. The Hall–Kier alpha value is -2.15. The van der Waals surface area contributed by atoms with Gasteiger partial charge in [0.05, 0.1) is 18.3 Å². The lowest BCUT2D eigenvalue weighted by Gasteiger charge is -2.00. The van der Waals surface area contributed by atoms with Crippen LogP contribution in [-0.2, 0) is 4.74 Å². The number of hydrogen-bond acceptors (Lipinski definition) is 5. The van der Waals surface area contributed by atoms with Gasteiger partial charge in [0.2, 0.25) is 0 Å². The van der Waals surface area contributed by atoms with Crippen LogP contribution in [0.3, 0.4) is 0 Å². The molecule has 6 nitrogen and oxygen atoms in total. The van der Waals surface area contributed by atoms with Gasteiger partial charge >= 0.3 is 5.97 Å². The number of carbonyl (C=O) groups excluding carboxylic acids is 1. The van der Waals surface area contributed by atoms with Gasteiger partial charge in [0.15, 0.2) is 5.65 Å². The van der Waals surface area contributed by atoms with Crippen LogP contribution in [0.25, 0.3) is 15.9 Å². The van der Waals surface area contributed by atoms with E-state index < -0.39 is 5.97 Å². The Morgan fingerprint density at radius 2 is 2.44 bits per heavy atom. The van der Waals surface area contributed by atoms with Crippen LogP contribution in [0.5, 0.6) is 0 Å². The fraction of sp³-hybridized carbons (Fsp3) is 0.182. The van der Waals surface area contributed by atoms with Gasteiger partial charge in [0.1, 0.15) is 10.3 Å². The van der Waals surface area contributed by atoms with E-state index in [2.05, 4.69) is 10.1 Å². The smallest absolute Gasteiger partial charge is 0.343 e. The summed E-state index contributed by atoms with van der Waals surface area (Å²) in [5.41, 5.74) is 1.10. The average molecular weight is 263 g/mol. The summed E-state index contributed by atoms with van der Waals surface area (Å²) in [4.78, 5) is 26.2. The molecule has 0 aliphatic rings. The van der Waals surface area contributed by atoms with Crippen molar-refractivity contribution in [3.63, 3.8) is 0 Å². The van der Waals surface area contributed by atoms with Gasteiger partial charge in [0.25, 0.3) is 5.56 Å². The normalized spacial score (nSPS) is 11.2. The van der Waals surface area contributed by atoms with Gasteiger partial charge in [-0.2, -0.15) is 5.10 Å². The lowest BCUT2D eigenvalue weighted by Crippen LogP contribution is -2.11. The first-order valence-electron chi connectivity index (χ1n) is 5.36. The predicted octanol–water partition coefficient (Wildman–Crippen LogP) is 1.41. The number of fused-ring (bicyclic) bond motifs is 3. The average Bonchev–Trinajstić information content (AvgIpc) is 2.94. The van der Waals surface area contributed by atoms with Gasteiger partial charge in [-0.15, -0.1) is 11.3 Å². The second-order valence-electron chi connectivity index (χ2n) is 3.63. The van der Waals surface area contributed by atoms with Crippen LogP contribution >= 0.6 is 11.3 Å². The third-order valence-corrected chi connectivity index (χ3v) is 3.48. The van der Waals surface area contributed by atoms with Crippen LogP contribution in [-0.4, -0.2) is 27.2 Å². The number of aromatic amines is 1. The van der Waals surface area contributed by atoms with E-state index in [-0.39, 0.29) is 17.7 Å². The maximum Gasteiger partial charge on any atom is 0.343 e. The topological polar surface area (TPSA) is 76.5 Å². The highest BCUT2D eigenvalue weighted by molar-refractivity contribution is 7.17. The molecule has 0 saturated carbocycles. The molecule has 3 heterocycles. The number of hydrogen-bond donors (Lipinski definition) is 1. The maximum absolute atomic E-state index is 11.8. The Balaban J connectivity index is 2.34. The van der Waals surface area contributed by atoms with Crippen molar-refractivity contribution < 1.29 is 9.53 Å². The summed E-state index contributed by atoms with van der Waals surface area (Å²) in [6, 6.07) is 1.80. The number of thiophene rings is 1. The van der Waals surface area contributed by atoms with E-state index in [0.717, 1.165) is 0 Å². The molecular weight excluding hydrogens is 254 g/mol. The molecule has 0 amide bonds. The summed E-state index contributed by atoms with van der Waals surface area (Å²) in [6.45, 7) is 2.00. The van der Waals surface area contributed by atoms with E-state index in [1.165, 1.54) is 17.5 Å². The SMILES string of the molecule is CCOC(=O)c1cnn2c1[nH]c(=O)c1sccc12. The first kappa shape index (κ1) is 11.0. The summed E-state index contributed by atoms with van der Waals surface area (Å²) in [5, 5.41) is 5.93. The molecule has 92 valence electrons. The number of aromatic nitrogens is 3. The highest BCUT2D eigenvalue weighted by atomic mass is 32.1. The van der Waals surface area contributed by atoms with Crippen molar-refractivity contribution in [2.24, 2.45) is 0 Å². The number of esters is 1. The maximum atomic E-state index is 11.8.